The zero-order valence-electron chi connectivity index (χ0n) is 18.9. The lowest BCUT2D eigenvalue weighted by atomic mass is 9.97. The lowest BCUT2D eigenvalue weighted by Crippen LogP contribution is -2.43. The van der Waals surface area contributed by atoms with Crippen molar-refractivity contribution in [3.8, 4) is 0 Å². The van der Waals surface area contributed by atoms with E-state index in [4.69, 9.17) is 11.6 Å². The molecule has 2 aliphatic heterocycles. The second-order valence-electron chi connectivity index (χ2n) is 9.07. The molecular weight excluding hydrogens is 458 g/mol. The van der Waals surface area contributed by atoms with Gasteiger partial charge in [-0.2, -0.15) is 0 Å². The molecule has 1 N–H and O–H groups in total. The van der Waals surface area contributed by atoms with Gasteiger partial charge in [0.1, 0.15) is 0 Å². The molecule has 2 aromatic carbocycles. The number of carbonyl (C=O) groups excluding carboxylic acids is 1. The van der Waals surface area contributed by atoms with Gasteiger partial charge in [-0.25, -0.2) is 12.7 Å². The van der Waals surface area contributed by atoms with Crippen LogP contribution in [-0.4, -0.2) is 49.7 Å². The van der Waals surface area contributed by atoms with Crippen molar-refractivity contribution in [2.24, 2.45) is 5.92 Å². The van der Waals surface area contributed by atoms with Gasteiger partial charge in [0, 0.05) is 37.1 Å². The minimum absolute atomic E-state index is 0.00546. The fourth-order valence-corrected chi connectivity index (χ4v) is 6.26. The van der Waals surface area contributed by atoms with E-state index >= 15 is 0 Å². The summed E-state index contributed by atoms with van der Waals surface area (Å²) in [5.74, 6) is -0.193. The maximum absolute atomic E-state index is 12.8. The SMILES string of the molecule is O=C(NCc1ccc(CN2CCCC2)cc1)C1CCN(S(=O)(=O)Cc2ccc(Cl)cc2)CC1. The van der Waals surface area contributed by atoms with Crippen LogP contribution in [-0.2, 0) is 33.7 Å². The summed E-state index contributed by atoms with van der Waals surface area (Å²) in [7, 11) is -3.41. The van der Waals surface area contributed by atoms with Gasteiger partial charge in [-0.05, 0) is 67.6 Å². The van der Waals surface area contributed by atoms with E-state index in [1.807, 2.05) is 0 Å². The number of hydrogen-bond donors (Lipinski definition) is 1. The number of carbonyl (C=O) groups is 1. The van der Waals surface area contributed by atoms with Crippen molar-refractivity contribution >= 4 is 27.5 Å². The largest absolute Gasteiger partial charge is 0.352 e. The molecule has 1 amide bonds. The highest BCUT2D eigenvalue weighted by molar-refractivity contribution is 7.88. The topological polar surface area (TPSA) is 69.7 Å². The number of likely N-dealkylation sites (tertiary alicyclic amines) is 1. The van der Waals surface area contributed by atoms with Gasteiger partial charge < -0.3 is 5.32 Å². The molecule has 6 nitrogen and oxygen atoms in total. The summed E-state index contributed by atoms with van der Waals surface area (Å²) in [6.45, 7) is 4.60. The van der Waals surface area contributed by atoms with Crippen molar-refractivity contribution in [3.05, 3.63) is 70.2 Å². The van der Waals surface area contributed by atoms with Crippen LogP contribution < -0.4 is 5.32 Å². The van der Waals surface area contributed by atoms with Gasteiger partial charge in [-0.1, -0.05) is 48.0 Å². The first-order chi connectivity index (χ1) is 15.9. The number of sulfonamides is 1. The third-order valence-electron chi connectivity index (χ3n) is 6.58. The van der Waals surface area contributed by atoms with Crippen molar-refractivity contribution in [1.29, 1.82) is 0 Å². The monoisotopic (exact) mass is 489 g/mol. The third kappa shape index (κ3) is 6.79. The van der Waals surface area contributed by atoms with Crippen LogP contribution in [0.25, 0.3) is 0 Å². The highest BCUT2D eigenvalue weighted by Crippen LogP contribution is 2.23. The summed E-state index contributed by atoms with van der Waals surface area (Å²) >= 11 is 5.88. The fraction of sp³-hybridized carbons (Fsp3) is 0.480. The average molecular weight is 490 g/mol. The second-order valence-corrected chi connectivity index (χ2v) is 11.5. The fourth-order valence-electron chi connectivity index (χ4n) is 4.57. The van der Waals surface area contributed by atoms with E-state index in [0.29, 0.717) is 43.1 Å². The van der Waals surface area contributed by atoms with Crippen molar-refractivity contribution in [2.75, 3.05) is 26.2 Å². The van der Waals surface area contributed by atoms with Crippen molar-refractivity contribution in [1.82, 2.24) is 14.5 Å². The van der Waals surface area contributed by atoms with Crippen LogP contribution in [0.4, 0.5) is 0 Å². The number of piperidine rings is 1. The molecule has 0 radical (unpaired) electrons. The molecule has 0 atom stereocenters. The maximum atomic E-state index is 12.8. The highest BCUT2D eigenvalue weighted by atomic mass is 35.5. The maximum Gasteiger partial charge on any atom is 0.223 e. The van der Waals surface area contributed by atoms with Crippen LogP contribution in [0.2, 0.25) is 5.02 Å². The number of nitrogens with one attached hydrogen (secondary N) is 1. The van der Waals surface area contributed by atoms with E-state index in [9.17, 15) is 13.2 Å². The van der Waals surface area contributed by atoms with Gasteiger partial charge in [0.25, 0.3) is 0 Å². The molecule has 2 saturated heterocycles. The van der Waals surface area contributed by atoms with E-state index in [2.05, 4.69) is 34.5 Å². The quantitative estimate of drug-likeness (QED) is 0.612. The number of benzene rings is 2. The van der Waals surface area contributed by atoms with E-state index in [1.165, 1.54) is 35.8 Å². The predicted octanol–water partition coefficient (Wildman–Crippen LogP) is 3.79. The lowest BCUT2D eigenvalue weighted by molar-refractivity contribution is -0.126. The summed E-state index contributed by atoms with van der Waals surface area (Å²) < 4.78 is 27.0. The van der Waals surface area contributed by atoms with Gasteiger partial charge in [-0.15, -0.1) is 0 Å². The Morgan fingerprint density at radius 1 is 0.879 bits per heavy atom. The highest BCUT2D eigenvalue weighted by Gasteiger charge is 2.31. The van der Waals surface area contributed by atoms with Crippen LogP contribution in [0.15, 0.2) is 48.5 Å². The molecule has 0 aliphatic carbocycles. The Hall–Kier alpha value is -1.93. The normalized spacial score (nSPS) is 18.5. The van der Waals surface area contributed by atoms with Gasteiger partial charge in [0.15, 0.2) is 0 Å². The number of amides is 1. The molecule has 0 aromatic heterocycles. The molecule has 2 aliphatic rings. The molecular formula is C25H32ClN3O3S. The zero-order valence-corrected chi connectivity index (χ0v) is 20.5. The number of rotatable bonds is 8. The van der Waals surface area contributed by atoms with Gasteiger partial charge in [-0.3, -0.25) is 9.69 Å². The van der Waals surface area contributed by atoms with Crippen LogP contribution in [0, 0.1) is 5.92 Å². The summed E-state index contributed by atoms with van der Waals surface area (Å²) in [4.78, 5) is 15.1. The molecule has 4 rings (SSSR count). The van der Waals surface area contributed by atoms with E-state index in [0.717, 1.165) is 12.1 Å². The third-order valence-corrected chi connectivity index (χ3v) is 8.68. The Balaban J connectivity index is 1.21. The van der Waals surface area contributed by atoms with Gasteiger partial charge in [0.2, 0.25) is 15.9 Å². The second kappa shape index (κ2) is 11.0. The van der Waals surface area contributed by atoms with E-state index in [1.54, 1.807) is 24.3 Å². The van der Waals surface area contributed by atoms with Crippen LogP contribution in [0.1, 0.15) is 42.4 Å². The first kappa shape index (κ1) is 24.2. The number of nitrogens with zero attached hydrogens (tertiary/aromatic N) is 2. The predicted molar refractivity (Wildman–Crippen MR) is 131 cm³/mol. The standard InChI is InChI=1S/C25H32ClN3O3S/c26-24-9-7-22(8-10-24)19-33(31,32)29-15-11-23(12-16-29)25(30)27-17-20-3-5-21(6-4-20)18-28-13-1-2-14-28/h3-10,23H,1-2,11-19H2,(H,27,30). The summed E-state index contributed by atoms with van der Waals surface area (Å²) in [6, 6.07) is 15.3. The van der Waals surface area contributed by atoms with Crippen LogP contribution in [0.3, 0.4) is 0 Å². The molecule has 8 heteroatoms. The van der Waals surface area contributed by atoms with Gasteiger partial charge in [0.05, 0.1) is 5.75 Å². The van der Waals surface area contributed by atoms with Crippen molar-refractivity contribution in [2.45, 2.75) is 44.5 Å². The lowest BCUT2D eigenvalue weighted by Gasteiger charge is -2.30. The Kier molecular flexibility index (Phi) is 8.07. The molecule has 0 unspecified atom stereocenters. The van der Waals surface area contributed by atoms with E-state index in [-0.39, 0.29) is 17.6 Å². The smallest absolute Gasteiger partial charge is 0.223 e. The zero-order chi connectivity index (χ0) is 23.3. The summed E-state index contributed by atoms with van der Waals surface area (Å²) in [5.41, 5.74) is 3.10. The molecule has 0 spiro atoms. The van der Waals surface area contributed by atoms with E-state index < -0.39 is 10.0 Å². The average Bonchev–Trinajstić information content (AvgIpc) is 3.33. The Labute approximate surface area is 202 Å². The minimum Gasteiger partial charge on any atom is -0.352 e. The first-order valence-corrected chi connectivity index (χ1v) is 13.7. The van der Waals surface area contributed by atoms with Crippen LogP contribution in [0.5, 0.6) is 0 Å². The molecule has 33 heavy (non-hydrogen) atoms. The number of halogens is 1. The minimum atomic E-state index is -3.41. The van der Waals surface area contributed by atoms with Crippen molar-refractivity contribution in [3.63, 3.8) is 0 Å². The molecule has 2 aromatic rings. The van der Waals surface area contributed by atoms with Crippen molar-refractivity contribution < 1.29 is 13.2 Å². The Morgan fingerprint density at radius 3 is 2.09 bits per heavy atom. The summed E-state index contributed by atoms with van der Waals surface area (Å²) in [5, 5.41) is 3.61. The summed E-state index contributed by atoms with van der Waals surface area (Å²) in [6.07, 6.45) is 3.66. The Bertz CT molecular complexity index is 1030. The molecule has 2 fully saturated rings. The first-order valence-electron chi connectivity index (χ1n) is 11.7. The van der Waals surface area contributed by atoms with Crippen LogP contribution >= 0.6 is 11.6 Å². The number of hydrogen-bond acceptors (Lipinski definition) is 4. The molecule has 178 valence electrons. The molecule has 2 heterocycles. The molecule has 0 saturated carbocycles. The molecule has 0 bridgehead atoms. The van der Waals surface area contributed by atoms with Gasteiger partial charge >= 0.3 is 0 Å². The Morgan fingerprint density at radius 2 is 1.45 bits per heavy atom.